The highest BCUT2D eigenvalue weighted by Gasteiger charge is 2.31. The molecule has 1 aromatic rings. The van der Waals surface area contributed by atoms with Crippen LogP contribution in [-0.2, 0) is 19.1 Å². The molecule has 1 amide bonds. The predicted octanol–water partition coefficient (Wildman–Crippen LogP) is 1.59. The first-order valence-electron chi connectivity index (χ1n) is 6.61. The van der Waals surface area contributed by atoms with E-state index < -0.39 is 23.9 Å². The lowest BCUT2D eigenvalue weighted by Gasteiger charge is -2.15. The minimum Gasteiger partial charge on any atom is -0.464 e. The second-order valence-electron chi connectivity index (χ2n) is 4.26. The van der Waals surface area contributed by atoms with Crippen LogP contribution in [0.15, 0.2) is 6.07 Å². The summed E-state index contributed by atoms with van der Waals surface area (Å²) in [6.45, 7) is 7.24. The third-order valence-corrected chi connectivity index (χ3v) is 3.86. The first-order chi connectivity index (χ1) is 9.90. The van der Waals surface area contributed by atoms with E-state index in [1.54, 1.807) is 19.9 Å². The van der Waals surface area contributed by atoms with Crippen molar-refractivity contribution in [2.24, 2.45) is 0 Å². The van der Waals surface area contributed by atoms with Gasteiger partial charge in [-0.05, 0) is 39.3 Å². The average Bonchev–Trinajstić information content (AvgIpc) is 2.76. The molecule has 116 valence electrons. The van der Waals surface area contributed by atoms with Gasteiger partial charge in [0.2, 0.25) is 6.04 Å². The maximum absolute atomic E-state index is 12.1. The Morgan fingerprint density at radius 3 is 2.05 bits per heavy atom. The van der Waals surface area contributed by atoms with Gasteiger partial charge < -0.3 is 14.8 Å². The Morgan fingerprint density at radius 2 is 1.67 bits per heavy atom. The summed E-state index contributed by atoms with van der Waals surface area (Å²) in [5, 5.41) is 2.37. The summed E-state index contributed by atoms with van der Waals surface area (Å²) in [6, 6.07) is 0.267. The van der Waals surface area contributed by atoms with Crippen LogP contribution in [-0.4, -0.2) is 37.1 Å². The zero-order valence-corrected chi connectivity index (χ0v) is 13.3. The van der Waals surface area contributed by atoms with E-state index >= 15 is 0 Å². The quantitative estimate of drug-likeness (QED) is 0.637. The molecule has 1 heterocycles. The number of carbonyl (C=O) groups is 3. The van der Waals surface area contributed by atoms with Crippen molar-refractivity contribution in [1.82, 2.24) is 5.32 Å². The van der Waals surface area contributed by atoms with Crippen molar-refractivity contribution >= 4 is 29.2 Å². The Kier molecular flexibility index (Phi) is 6.36. The van der Waals surface area contributed by atoms with E-state index in [0.717, 1.165) is 10.4 Å². The molecular weight excluding hydrogens is 294 g/mol. The summed E-state index contributed by atoms with van der Waals surface area (Å²) in [4.78, 5) is 37.1. The van der Waals surface area contributed by atoms with Gasteiger partial charge in [0.1, 0.15) is 0 Å². The first-order valence-corrected chi connectivity index (χ1v) is 7.43. The van der Waals surface area contributed by atoms with Crippen LogP contribution in [0.1, 0.15) is 34.0 Å². The summed E-state index contributed by atoms with van der Waals surface area (Å²) < 4.78 is 9.57. The van der Waals surface area contributed by atoms with E-state index in [1.807, 2.05) is 13.8 Å². The standard InChI is InChI=1S/C14H19NO5S/c1-5-19-13(17)11(14(18)20-6-2)15-12(16)10-7-8(3)9(4)21-10/h7,11H,5-6H2,1-4H3,(H,15,16). The third kappa shape index (κ3) is 4.56. The number of nitrogens with one attached hydrogen (secondary N) is 1. The maximum atomic E-state index is 12.1. The Morgan fingerprint density at radius 1 is 1.14 bits per heavy atom. The fraction of sp³-hybridized carbons (Fsp3) is 0.500. The van der Waals surface area contributed by atoms with Crippen molar-refractivity contribution in [3.8, 4) is 0 Å². The van der Waals surface area contributed by atoms with Crippen LogP contribution in [0.5, 0.6) is 0 Å². The van der Waals surface area contributed by atoms with E-state index in [2.05, 4.69) is 5.32 Å². The lowest BCUT2D eigenvalue weighted by atomic mass is 10.2. The molecule has 0 aliphatic heterocycles. The summed E-state index contributed by atoms with van der Waals surface area (Å²) in [5.41, 5.74) is 0.981. The van der Waals surface area contributed by atoms with Crippen molar-refractivity contribution in [2.75, 3.05) is 13.2 Å². The van der Waals surface area contributed by atoms with Gasteiger partial charge in [-0.15, -0.1) is 11.3 Å². The number of amides is 1. The third-order valence-electron chi connectivity index (χ3n) is 2.71. The van der Waals surface area contributed by atoms with Gasteiger partial charge in [-0.1, -0.05) is 0 Å². The summed E-state index contributed by atoms with van der Waals surface area (Å²) in [6.07, 6.45) is 0. The summed E-state index contributed by atoms with van der Waals surface area (Å²) in [7, 11) is 0. The van der Waals surface area contributed by atoms with Crippen molar-refractivity contribution in [3.05, 3.63) is 21.4 Å². The highest BCUT2D eigenvalue weighted by molar-refractivity contribution is 7.14. The number of hydrogen-bond acceptors (Lipinski definition) is 6. The number of carbonyl (C=O) groups excluding carboxylic acids is 3. The highest BCUT2D eigenvalue weighted by atomic mass is 32.1. The molecule has 0 aromatic carbocycles. The topological polar surface area (TPSA) is 81.7 Å². The Bertz CT molecular complexity index is 500. The van der Waals surface area contributed by atoms with Crippen LogP contribution in [0.2, 0.25) is 0 Å². The molecule has 0 aliphatic carbocycles. The lowest BCUT2D eigenvalue weighted by molar-refractivity contribution is -0.157. The lowest BCUT2D eigenvalue weighted by Crippen LogP contribution is -2.48. The smallest absolute Gasteiger partial charge is 0.340 e. The first kappa shape index (κ1) is 17.2. The molecule has 0 saturated carbocycles. The summed E-state index contributed by atoms with van der Waals surface area (Å²) in [5.74, 6) is -2.15. The van der Waals surface area contributed by atoms with Gasteiger partial charge in [0.15, 0.2) is 0 Å². The Balaban J connectivity index is 2.87. The Hall–Kier alpha value is -1.89. The molecule has 0 radical (unpaired) electrons. The van der Waals surface area contributed by atoms with Crippen LogP contribution >= 0.6 is 11.3 Å². The molecular formula is C14H19NO5S. The molecule has 1 N–H and O–H groups in total. The van der Waals surface area contributed by atoms with Crippen LogP contribution in [0.4, 0.5) is 0 Å². The van der Waals surface area contributed by atoms with Crippen LogP contribution in [0.3, 0.4) is 0 Å². The number of hydrogen-bond donors (Lipinski definition) is 1. The minimum absolute atomic E-state index is 0.113. The van der Waals surface area contributed by atoms with Gasteiger partial charge in [-0.2, -0.15) is 0 Å². The van der Waals surface area contributed by atoms with Gasteiger partial charge in [0.05, 0.1) is 18.1 Å². The molecule has 0 saturated heterocycles. The number of rotatable bonds is 6. The second kappa shape index (κ2) is 7.78. The molecule has 0 fully saturated rings. The van der Waals surface area contributed by atoms with Crippen molar-refractivity contribution in [1.29, 1.82) is 0 Å². The zero-order chi connectivity index (χ0) is 16.0. The van der Waals surface area contributed by atoms with E-state index in [1.165, 1.54) is 11.3 Å². The van der Waals surface area contributed by atoms with Gasteiger partial charge >= 0.3 is 11.9 Å². The van der Waals surface area contributed by atoms with Crippen molar-refractivity contribution in [2.45, 2.75) is 33.7 Å². The molecule has 0 aliphatic rings. The molecule has 0 spiro atoms. The fourth-order valence-corrected chi connectivity index (χ4v) is 2.49. The van der Waals surface area contributed by atoms with E-state index in [9.17, 15) is 14.4 Å². The molecule has 1 rings (SSSR count). The average molecular weight is 313 g/mol. The van der Waals surface area contributed by atoms with E-state index in [4.69, 9.17) is 9.47 Å². The zero-order valence-electron chi connectivity index (χ0n) is 12.5. The monoisotopic (exact) mass is 313 g/mol. The van der Waals surface area contributed by atoms with Crippen LogP contribution in [0.25, 0.3) is 0 Å². The minimum atomic E-state index is -1.44. The van der Waals surface area contributed by atoms with Crippen LogP contribution in [0, 0.1) is 13.8 Å². The second-order valence-corrected chi connectivity index (χ2v) is 5.52. The highest BCUT2D eigenvalue weighted by Crippen LogP contribution is 2.20. The molecule has 0 atom stereocenters. The van der Waals surface area contributed by atoms with E-state index in [0.29, 0.717) is 4.88 Å². The van der Waals surface area contributed by atoms with Gasteiger partial charge in [-0.3, -0.25) is 4.79 Å². The SMILES string of the molecule is CCOC(=O)C(NC(=O)c1cc(C)c(C)s1)C(=O)OCC. The van der Waals surface area contributed by atoms with E-state index in [-0.39, 0.29) is 13.2 Å². The fourth-order valence-electron chi connectivity index (χ4n) is 1.55. The van der Waals surface area contributed by atoms with Crippen LogP contribution < -0.4 is 5.32 Å². The molecule has 1 aromatic heterocycles. The Labute approximate surface area is 127 Å². The molecule has 0 bridgehead atoms. The predicted molar refractivity (Wildman–Crippen MR) is 78.3 cm³/mol. The largest absolute Gasteiger partial charge is 0.464 e. The van der Waals surface area contributed by atoms with Gasteiger partial charge in [0.25, 0.3) is 5.91 Å². The van der Waals surface area contributed by atoms with Gasteiger partial charge in [-0.25, -0.2) is 9.59 Å². The number of esters is 2. The molecule has 0 unspecified atom stereocenters. The van der Waals surface area contributed by atoms with Gasteiger partial charge in [0, 0.05) is 4.88 Å². The normalized spacial score (nSPS) is 10.3. The maximum Gasteiger partial charge on any atom is 0.340 e. The number of thiophene rings is 1. The number of ether oxygens (including phenoxy) is 2. The molecule has 21 heavy (non-hydrogen) atoms. The molecule has 7 heteroatoms. The van der Waals surface area contributed by atoms with Crippen molar-refractivity contribution < 1.29 is 23.9 Å². The van der Waals surface area contributed by atoms with Crippen molar-refractivity contribution in [3.63, 3.8) is 0 Å². The summed E-state index contributed by atoms with van der Waals surface area (Å²) >= 11 is 1.30. The number of aryl methyl sites for hydroxylation is 2. The molecule has 6 nitrogen and oxygen atoms in total.